The highest BCUT2D eigenvalue weighted by Gasteiger charge is 2.14. The average Bonchev–Trinajstić information content (AvgIpc) is 2.80. The molecule has 1 atom stereocenters. The summed E-state index contributed by atoms with van der Waals surface area (Å²) in [5, 5.41) is 23.5. The number of fused-ring (bicyclic) bond motifs is 1. The van der Waals surface area contributed by atoms with Gasteiger partial charge in [-0.05, 0) is 6.42 Å². The highest BCUT2D eigenvalue weighted by Crippen LogP contribution is 2.22. The van der Waals surface area contributed by atoms with Gasteiger partial charge in [-0.1, -0.05) is 18.7 Å². The summed E-state index contributed by atoms with van der Waals surface area (Å²) < 4.78 is 1.40. The van der Waals surface area contributed by atoms with Gasteiger partial charge in [0.2, 0.25) is 0 Å². The zero-order valence-corrected chi connectivity index (χ0v) is 11.5. The maximum atomic E-state index is 11.9. The standard InChI is InChI=1S/C11H14N4O4S/c1-2-7(10(18)19)20-11-13-8-6(9(17)14-11)5-12-15(8)3-4-16/h5,7,16H,2-4H2,1H3,(H,18,19)(H,13,14,17)/p-1/t7-/m1/s1. The van der Waals surface area contributed by atoms with Gasteiger partial charge in [0.1, 0.15) is 5.39 Å². The number of hydrogen-bond acceptors (Lipinski definition) is 7. The van der Waals surface area contributed by atoms with E-state index in [1.165, 1.54) is 10.9 Å². The van der Waals surface area contributed by atoms with Gasteiger partial charge >= 0.3 is 0 Å². The lowest BCUT2D eigenvalue weighted by molar-refractivity contribution is -0.304. The fourth-order valence-electron chi connectivity index (χ4n) is 1.69. The monoisotopic (exact) mass is 297 g/mol. The Bertz CT molecular complexity index is 681. The van der Waals surface area contributed by atoms with E-state index in [1.807, 2.05) is 0 Å². The summed E-state index contributed by atoms with van der Waals surface area (Å²) in [5.41, 5.74) is -0.0756. The van der Waals surface area contributed by atoms with Gasteiger partial charge in [-0.3, -0.25) is 4.79 Å². The van der Waals surface area contributed by atoms with Crippen molar-refractivity contribution in [1.82, 2.24) is 19.7 Å². The van der Waals surface area contributed by atoms with Crippen LogP contribution in [-0.2, 0) is 11.3 Å². The van der Waals surface area contributed by atoms with Gasteiger partial charge in [0, 0.05) is 0 Å². The molecule has 0 aromatic carbocycles. The van der Waals surface area contributed by atoms with Crippen molar-refractivity contribution in [3.05, 3.63) is 16.6 Å². The van der Waals surface area contributed by atoms with Crippen LogP contribution in [-0.4, -0.2) is 42.7 Å². The van der Waals surface area contributed by atoms with E-state index in [1.54, 1.807) is 6.92 Å². The molecule has 0 aliphatic heterocycles. The van der Waals surface area contributed by atoms with Crippen LogP contribution in [0.1, 0.15) is 13.3 Å². The number of aromatic amines is 1. The van der Waals surface area contributed by atoms with Crippen molar-refractivity contribution >= 4 is 28.8 Å². The molecule has 20 heavy (non-hydrogen) atoms. The smallest absolute Gasteiger partial charge is 0.262 e. The number of carboxylic acid groups (broad SMARTS) is 1. The van der Waals surface area contributed by atoms with Crippen molar-refractivity contribution in [2.24, 2.45) is 0 Å². The fraction of sp³-hybridized carbons (Fsp3) is 0.455. The Morgan fingerprint density at radius 3 is 3.00 bits per heavy atom. The number of aliphatic hydroxyl groups is 1. The van der Waals surface area contributed by atoms with E-state index in [2.05, 4.69) is 15.1 Å². The summed E-state index contributed by atoms with van der Waals surface area (Å²) in [7, 11) is 0. The van der Waals surface area contributed by atoms with Crippen molar-refractivity contribution in [3.63, 3.8) is 0 Å². The van der Waals surface area contributed by atoms with Crippen molar-refractivity contribution < 1.29 is 15.0 Å². The summed E-state index contributed by atoms with van der Waals surface area (Å²) in [6.07, 6.45) is 1.71. The number of rotatable bonds is 6. The van der Waals surface area contributed by atoms with E-state index in [9.17, 15) is 14.7 Å². The number of thioether (sulfide) groups is 1. The molecule has 9 heteroatoms. The van der Waals surface area contributed by atoms with E-state index in [4.69, 9.17) is 5.11 Å². The normalized spacial score (nSPS) is 12.7. The SMILES string of the molecule is CC[C@@H](Sc1nc2c(cnn2CCO)c(=O)[nH]1)C(=O)[O-]. The van der Waals surface area contributed by atoms with Crippen LogP contribution >= 0.6 is 11.8 Å². The van der Waals surface area contributed by atoms with Crippen molar-refractivity contribution in [2.45, 2.75) is 30.3 Å². The lowest BCUT2D eigenvalue weighted by atomic mass is 10.3. The molecule has 0 bridgehead atoms. The predicted octanol–water partition coefficient (Wildman–Crippen LogP) is -1.27. The number of hydrogen-bond donors (Lipinski definition) is 2. The van der Waals surface area contributed by atoms with Gasteiger partial charge < -0.3 is 20.0 Å². The number of carbonyl (C=O) groups is 1. The van der Waals surface area contributed by atoms with Gasteiger partial charge in [0.15, 0.2) is 10.8 Å². The summed E-state index contributed by atoms with van der Waals surface area (Å²) in [6, 6.07) is 0. The lowest BCUT2D eigenvalue weighted by Gasteiger charge is -2.14. The van der Waals surface area contributed by atoms with Crippen molar-refractivity contribution in [2.75, 3.05) is 6.61 Å². The van der Waals surface area contributed by atoms with Crippen LogP contribution in [0.25, 0.3) is 11.0 Å². The molecule has 2 N–H and O–H groups in total. The molecule has 2 aromatic heterocycles. The molecule has 0 fully saturated rings. The van der Waals surface area contributed by atoms with Gasteiger partial charge in [0.25, 0.3) is 5.56 Å². The molecular weight excluding hydrogens is 284 g/mol. The molecule has 0 saturated carbocycles. The van der Waals surface area contributed by atoms with Crippen LogP contribution in [0.5, 0.6) is 0 Å². The third-order valence-corrected chi connectivity index (χ3v) is 3.91. The second kappa shape index (κ2) is 6.06. The van der Waals surface area contributed by atoms with Crippen LogP contribution in [0.3, 0.4) is 0 Å². The molecule has 0 saturated heterocycles. The fourth-order valence-corrected chi connectivity index (χ4v) is 2.52. The summed E-state index contributed by atoms with van der Waals surface area (Å²) in [5.74, 6) is -1.20. The molecule has 2 rings (SSSR count). The number of aromatic nitrogens is 4. The zero-order valence-electron chi connectivity index (χ0n) is 10.7. The number of aliphatic carboxylic acids is 1. The number of nitrogens with zero attached hydrogens (tertiary/aromatic N) is 3. The van der Waals surface area contributed by atoms with Crippen molar-refractivity contribution in [3.8, 4) is 0 Å². The number of nitrogens with one attached hydrogen (secondary N) is 1. The minimum atomic E-state index is -1.20. The molecule has 0 unspecified atom stereocenters. The Labute approximate surface area is 117 Å². The largest absolute Gasteiger partial charge is 0.549 e. The van der Waals surface area contributed by atoms with Crippen LogP contribution < -0.4 is 10.7 Å². The van der Waals surface area contributed by atoms with Crippen LogP contribution in [0, 0.1) is 0 Å². The molecule has 0 aliphatic rings. The molecule has 0 aliphatic carbocycles. The first-order valence-electron chi connectivity index (χ1n) is 6.01. The molecule has 0 amide bonds. The highest BCUT2D eigenvalue weighted by atomic mass is 32.2. The summed E-state index contributed by atoms with van der Waals surface area (Å²) >= 11 is 0.924. The average molecular weight is 297 g/mol. The minimum absolute atomic E-state index is 0.135. The molecule has 108 valence electrons. The van der Waals surface area contributed by atoms with Crippen molar-refractivity contribution in [1.29, 1.82) is 0 Å². The number of H-pyrrole nitrogens is 1. The quantitative estimate of drug-likeness (QED) is 0.503. The van der Waals surface area contributed by atoms with Crippen LogP contribution in [0.15, 0.2) is 16.1 Å². The van der Waals surface area contributed by atoms with Crippen LogP contribution in [0.2, 0.25) is 0 Å². The maximum absolute atomic E-state index is 11.9. The molecule has 8 nitrogen and oxygen atoms in total. The molecular formula is C11H13N4O4S-. The van der Waals surface area contributed by atoms with E-state index in [-0.39, 0.29) is 18.3 Å². The summed E-state index contributed by atoms with van der Waals surface area (Å²) in [4.78, 5) is 29.5. The Kier molecular flexibility index (Phi) is 4.40. The highest BCUT2D eigenvalue weighted by molar-refractivity contribution is 8.00. The Morgan fingerprint density at radius 2 is 2.40 bits per heavy atom. The second-order valence-electron chi connectivity index (χ2n) is 4.03. The first kappa shape index (κ1) is 14.5. The summed E-state index contributed by atoms with van der Waals surface area (Å²) in [6.45, 7) is 1.78. The minimum Gasteiger partial charge on any atom is -0.549 e. The molecule has 0 radical (unpaired) electrons. The zero-order chi connectivity index (χ0) is 14.7. The molecule has 2 heterocycles. The lowest BCUT2D eigenvalue weighted by Crippen LogP contribution is -2.33. The third kappa shape index (κ3) is 2.83. The van der Waals surface area contributed by atoms with Gasteiger partial charge in [-0.15, -0.1) is 0 Å². The predicted molar refractivity (Wildman–Crippen MR) is 70.2 cm³/mol. The van der Waals surface area contributed by atoms with Gasteiger partial charge in [-0.25, -0.2) is 9.67 Å². The van der Waals surface area contributed by atoms with Crippen LogP contribution in [0.4, 0.5) is 0 Å². The topological polar surface area (TPSA) is 124 Å². The number of carbonyl (C=O) groups excluding carboxylic acids is 1. The second-order valence-corrected chi connectivity index (χ2v) is 5.22. The Morgan fingerprint density at radius 1 is 1.65 bits per heavy atom. The van der Waals surface area contributed by atoms with E-state index >= 15 is 0 Å². The van der Waals surface area contributed by atoms with E-state index < -0.39 is 16.8 Å². The molecule has 2 aromatic rings. The maximum Gasteiger partial charge on any atom is 0.262 e. The first-order valence-corrected chi connectivity index (χ1v) is 6.89. The van der Waals surface area contributed by atoms with Gasteiger partial charge in [0.05, 0.1) is 30.6 Å². The molecule has 0 spiro atoms. The van der Waals surface area contributed by atoms with E-state index in [0.717, 1.165) is 11.8 Å². The van der Waals surface area contributed by atoms with E-state index in [0.29, 0.717) is 17.5 Å². The number of carboxylic acids is 1. The Hall–Kier alpha value is -1.87. The number of aliphatic hydroxyl groups excluding tert-OH is 1. The first-order chi connectivity index (χ1) is 9.56. The van der Waals surface area contributed by atoms with Gasteiger partial charge in [-0.2, -0.15) is 5.10 Å². The third-order valence-electron chi connectivity index (χ3n) is 2.68. The Balaban J connectivity index is 2.42.